The predicted octanol–water partition coefficient (Wildman–Crippen LogP) is 1.62. The highest BCUT2D eigenvalue weighted by molar-refractivity contribution is 5.95. The van der Waals surface area contributed by atoms with Crippen LogP contribution < -0.4 is 10.4 Å². The van der Waals surface area contributed by atoms with Crippen LogP contribution in [-0.2, 0) is 15.1 Å². The van der Waals surface area contributed by atoms with Gasteiger partial charge in [0.05, 0.1) is 19.3 Å². The highest BCUT2D eigenvalue weighted by atomic mass is 16.6. The highest BCUT2D eigenvalue weighted by Gasteiger charge is 2.54. The van der Waals surface area contributed by atoms with Crippen LogP contribution in [0.5, 0.6) is 5.75 Å². The largest absolute Gasteiger partial charge is 0.496 e. The molecule has 98 valence electrons. The van der Waals surface area contributed by atoms with Gasteiger partial charge in [0.1, 0.15) is 11.3 Å². The number of Topliss-reactive ketones (excluding diaryl/α,β-unsaturated/α-hetero) is 1. The number of epoxide rings is 1. The van der Waals surface area contributed by atoms with Crippen LogP contribution in [0.3, 0.4) is 0 Å². The molecule has 5 nitrogen and oxygen atoms in total. The molecule has 0 N–H and O–H groups in total. The summed E-state index contributed by atoms with van der Waals surface area (Å²) in [7, 11) is 1.50. The monoisotopic (exact) mass is 260 g/mol. The first-order valence-electron chi connectivity index (χ1n) is 5.85. The molecule has 1 fully saturated rings. The van der Waals surface area contributed by atoms with E-state index in [2.05, 4.69) is 0 Å². The van der Waals surface area contributed by atoms with E-state index in [1.54, 1.807) is 18.2 Å². The third kappa shape index (κ3) is 1.66. The van der Waals surface area contributed by atoms with Crippen molar-refractivity contribution in [3.05, 3.63) is 40.2 Å². The van der Waals surface area contributed by atoms with Gasteiger partial charge in [0, 0.05) is 11.5 Å². The molecule has 0 radical (unpaired) electrons. The van der Waals surface area contributed by atoms with Crippen molar-refractivity contribution >= 4 is 16.8 Å². The molecule has 19 heavy (non-hydrogen) atoms. The van der Waals surface area contributed by atoms with Crippen LogP contribution in [0, 0.1) is 0 Å². The van der Waals surface area contributed by atoms with E-state index < -0.39 is 11.2 Å². The maximum atomic E-state index is 11.8. The Kier molecular flexibility index (Phi) is 2.46. The molecule has 1 aromatic carbocycles. The molecule has 0 aliphatic carbocycles. The number of carbonyl (C=O) groups is 1. The van der Waals surface area contributed by atoms with Crippen LogP contribution in [0.4, 0.5) is 0 Å². The Morgan fingerprint density at radius 2 is 2.00 bits per heavy atom. The smallest absolute Gasteiger partial charge is 0.336 e. The molecule has 1 unspecified atom stereocenters. The van der Waals surface area contributed by atoms with Crippen LogP contribution in [0.15, 0.2) is 33.5 Å². The minimum atomic E-state index is -1.04. The lowest BCUT2D eigenvalue weighted by atomic mass is 9.93. The second-order valence-corrected chi connectivity index (χ2v) is 4.49. The molecule has 0 amide bonds. The minimum absolute atomic E-state index is 0.134. The fourth-order valence-electron chi connectivity index (χ4n) is 2.26. The van der Waals surface area contributed by atoms with Gasteiger partial charge in [-0.15, -0.1) is 0 Å². The van der Waals surface area contributed by atoms with E-state index in [0.29, 0.717) is 16.9 Å². The average Bonchev–Trinajstić information content (AvgIpc) is 3.18. The summed E-state index contributed by atoms with van der Waals surface area (Å²) in [6.45, 7) is 1.72. The molecular weight excluding hydrogens is 248 g/mol. The molecule has 0 saturated carbocycles. The third-order valence-corrected chi connectivity index (χ3v) is 3.38. The molecule has 0 spiro atoms. The van der Waals surface area contributed by atoms with Gasteiger partial charge in [-0.1, -0.05) is 0 Å². The summed E-state index contributed by atoms with van der Waals surface area (Å²) in [6.07, 6.45) is 0. The molecular formula is C14H12O5. The molecule has 1 aliphatic rings. The number of carbonyl (C=O) groups excluding carboxylic acids is 1. The first kappa shape index (κ1) is 11.9. The van der Waals surface area contributed by atoms with Crippen molar-refractivity contribution in [2.75, 3.05) is 13.7 Å². The van der Waals surface area contributed by atoms with E-state index >= 15 is 0 Å². The van der Waals surface area contributed by atoms with Crippen molar-refractivity contribution in [2.24, 2.45) is 0 Å². The maximum Gasteiger partial charge on any atom is 0.336 e. The SMILES string of the molecule is COc1ccc2ccc(=O)oc2c1C1(C(C)=O)CO1. The van der Waals surface area contributed by atoms with E-state index in [9.17, 15) is 9.59 Å². The second-order valence-electron chi connectivity index (χ2n) is 4.49. The summed E-state index contributed by atoms with van der Waals surface area (Å²) in [5.74, 6) is 0.347. The van der Waals surface area contributed by atoms with Crippen LogP contribution in [0.2, 0.25) is 0 Å². The van der Waals surface area contributed by atoms with E-state index in [-0.39, 0.29) is 12.4 Å². The Labute approximate surface area is 108 Å². The topological polar surface area (TPSA) is 69.0 Å². The summed E-state index contributed by atoms with van der Waals surface area (Å²) in [5, 5.41) is 0.728. The minimum Gasteiger partial charge on any atom is -0.496 e. The Hall–Kier alpha value is -2.14. The average molecular weight is 260 g/mol. The summed E-state index contributed by atoms with van der Waals surface area (Å²) in [4.78, 5) is 23.2. The number of ketones is 1. The van der Waals surface area contributed by atoms with E-state index in [1.165, 1.54) is 20.1 Å². The molecule has 1 aromatic heterocycles. The summed E-state index contributed by atoms with van der Waals surface area (Å²) in [5.41, 5.74) is -0.666. The number of methoxy groups -OCH3 is 1. The maximum absolute atomic E-state index is 11.8. The first-order chi connectivity index (χ1) is 9.08. The lowest BCUT2D eigenvalue weighted by molar-refractivity contribution is -0.122. The Morgan fingerprint density at radius 3 is 2.58 bits per heavy atom. The van der Waals surface area contributed by atoms with E-state index in [0.717, 1.165) is 5.39 Å². The number of hydrogen-bond donors (Lipinski definition) is 0. The van der Waals surface area contributed by atoms with Crippen LogP contribution in [0.25, 0.3) is 11.0 Å². The van der Waals surface area contributed by atoms with Crippen molar-refractivity contribution < 1.29 is 18.7 Å². The van der Waals surface area contributed by atoms with E-state index in [1.807, 2.05) is 0 Å². The highest BCUT2D eigenvalue weighted by Crippen LogP contribution is 2.47. The quantitative estimate of drug-likeness (QED) is 0.619. The molecule has 3 rings (SSSR count). The van der Waals surface area contributed by atoms with Crippen molar-refractivity contribution in [3.63, 3.8) is 0 Å². The summed E-state index contributed by atoms with van der Waals surface area (Å²) in [6, 6.07) is 6.51. The normalized spacial score (nSPS) is 21.4. The van der Waals surface area contributed by atoms with Crippen LogP contribution in [-0.4, -0.2) is 19.5 Å². The zero-order valence-electron chi connectivity index (χ0n) is 10.6. The zero-order chi connectivity index (χ0) is 13.6. The predicted molar refractivity (Wildman–Crippen MR) is 67.3 cm³/mol. The fraction of sp³-hybridized carbons (Fsp3) is 0.286. The van der Waals surface area contributed by atoms with Gasteiger partial charge in [0.2, 0.25) is 0 Å². The van der Waals surface area contributed by atoms with Gasteiger partial charge in [-0.25, -0.2) is 4.79 Å². The second kappa shape index (κ2) is 3.93. The number of ether oxygens (including phenoxy) is 2. The van der Waals surface area contributed by atoms with Crippen molar-refractivity contribution in [1.82, 2.24) is 0 Å². The van der Waals surface area contributed by atoms with E-state index in [4.69, 9.17) is 13.9 Å². The number of hydrogen-bond acceptors (Lipinski definition) is 5. The van der Waals surface area contributed by atoms with Gasteiger partial charge in [-0.3, -0.25) is 4.79 Å². The summed E-state index contributed by atoms with van der Waals surface area (Å²) < 4.78 is 15.9. The van der Waals surface area contributed by atoms with Gasteiger partial charge in [-0.05, 0) is 25.1 Å². The molecule has 1 saturated heterocycles. The Morgan fingerprint density at radius 1 is 1.32 bits per heavy atom. The first-order valence-corrected chi connectivity index (χ1v) is 5.85. The molecule has 1 aliphatic heterocycles. The number of fused-ring (bicyclic) bond motifs is 1. The van der Waals surface area contributed by atoms with Gasteiger partial charge >= 0.3 is 5.63 Å². The van der Waals surface area contributed by atoms with Crippen molar-refractivity contribution in [1.29, 1.82) is 0 Å². The van der Waals surface area contributed by atoms with Crippen LogP contribution in [0.1, 0.15) is 12.5 Å². The lowest BCUT2D eigenvalue weighted by Gasteiger charge is -2.14. The lowest BCUT2D eigenvalue weighted by Crippen LogP contribution is -2.20. The molecule has 2 aromatic rings. The Balaban J connectivity index is 2.40. The molecule has 1 atom stereocenters. The van der Waals surface area contributed by atoms with Gasteiger partial charge < -0.3 is 13.9 Å². The zero-order valence-corrected chi connectivity index (χ0v) is 10.6. The number of rotatable bonds is 3. The Bertz CT molecular complexity index is 724. The van der Waals surface area contributed by atoms with Crippen molar-refractivity contribution in [3.8, 4) is 5.75 Å². The molecule has 5 heteroatoms. The molecule has 0 bridgehead atoms. The summed E-state index contributed by atoms with van der Waals surface area (Å²) >= 11 is 0. The number of benzene rings is 1. The van der Waals surface area contributed by atoms with Crippen LogP contribution >= 0.6 is 0 Å². The fourth-order valence-corrected chi connectivity index (χ4v) is 2.26. The third-order valence-electron chi connectivity index (χ3n) is 3.38. The van der Waals surface area contributed by atoms with Gasteiger partial charge in [0.25, 0.3) is 0 Å². The van der Waals surface area contributed by atoms with Gasteiger partial charge in [-0.2, -0.15) is 0 Å². The standard InChI is InChI=1S/C14H12O5/c1-8(15)14(7-18-14)12-10(17-2)5-3-9-4-6-11(16)19-13(9)12/h3-6H,7H2,1-2H3. The molecule has 2 heterocycles. The van der Waals surface area contributed by atoms with Gasteiger partial charge in [0.15, 0.2) is 11.4 Å². The van der Waals surface area contributed by atoms with Crippen molar-refractivity contribution in [2.45, 2.75) is 12.5 Å².